The second-order valence-electron chi connectivity index (χ2n) is 4.72. The van der Waals surface area contributed by atoms with Gasteiger partial charge in [0.05, 0.1) is 24.6 Å². The van der Waals surface area contributed by atoms with Crippen LogP contribution in [0.1, 0.15) is 31.4 Å². The molecule has 2 heterocycles. The van der Waals surface area contributed by atoms with Crippen molar-refractivity contribution in [3.63, 3.8) is 0 Å². The minimum Gasteiger partial charge on any atom is -0.492 e. The van der Waals surface area contributed by atoms with E-state index < -0.39 is 5.97 Å². The van der Waals surface area contributed by atoms with Gasteiger partial charge < -0.3 is 14.6 Å². The molecule has 5 heteroatoms. The van der Waals surface area contributed by atoms with E-state index in [2.05, 4.69) is 4.98 Å². The first-order valence-corrected chi connectivity index (χ1v) is 6.85. The van der Waals surface area contributed by atoms with Gasteiger partial charge in [-0.15, -0.1) is 0 Å². The van der Waals surface area contributed by atoms with Crippen LogP contribution in [0.2, 0.25) is 0 Å². The zero-order valence-electron chi connectivity index (χ0n) is 11.3. The molecule has 1 unspecified atom stereocenters. The molecule has 0 amide bonds. The van der Waals surface area contributed by atoms with Gasteiger partial charge in [-0.05, 0) is 43.9 Å². The predicted molar refractivity (Wildman–Crippen MR) is 74.6 cm³/mol. The van der Waals surface area contributed by atoms with Crippen molar-refractivity contribution in [3.8, 4) is 5.75 Å². The summed E-state index contributed by atoms with van der Waals surface area (Å²) in [4.78, 5) is 14.5. The molecule has 0 spiro atoms. The maximum Gasteiger partial charge on any atom is 0.328 e. The Kier molecular flexibility index (Phi) is 5.55. The lowest BCUT2D eigenvalue weighted by Gasteiger charge is -2.09. The summed E-state index contributed by atoms with van der Waals surface area (Å²) in [5.41, 5.74) is 0.596. The first-order chi connectivity index (χ1) is 9.74. The third kappa shape index (κ3) is 5.01. The maximum absolute atomic E-state index is 10.4. The predicted octanol–water partition coefficient (Wildman–Crippen LogP) is 2.52. The first-order valence-electron chi connectivity index (χ1n) is 6.85. The summed E-state index contributed by atoms with van der Waals surface area (Å²) < 4.78 is 11.1. The monoisotopic (exact) mass is 277 g/mol. The lowest BCUT2D eigenvalue weighted by Crippen LogP contribution is -2.07. The fraction of sp³-hybridized carbons (Fsp3) is 0.467. The van der Waals surface area contributed by atoms with Crippen molar-refractivity contribution in [2.24, 2.45) is 0 Å². The van der Waals surface area contributed by atoms with Crippen molar-refractivity contribution in [2.75, 3.05) is 13.2 Å². The van der Waals surface area contributed by atoms with E-state index in [1.807, 2.05) is 0 Å². The average molecular weight is 277 g/mol. The van der Waals surface area contributed by atoms with Crippen molar-refractivity contribution >= 4 is 12.0 Å². The minimum absolute atomic E-state index is 0.403. The Balaban J connectivity index is 1.69. The molecule has 0 aliphatic carbocycles. The largest absolute Gasteiger partial charge is 0.492 e. The summed E-state index contributed by atoms with van der Waals surface area (Å²) in [5.74, 6) is -0.286. The van der Waals surface area contributed by atoms with Crippen molar-refractivity contribution in [1.82, 2.24) is 4.98 Å². The molecule has 0 bridgehead atoms. The third-order valence-corrected chi connectivity index (χ3v) is 3.12. The van der Waals surface area contributed by atoms with Crippen LogP contribution in [0, 0.1) is 0 Å². The van der Waals surface area contributed by atoms with E-state index in [0.717, 1.165) is 31.9 Å². The quantitative estimate of drug-likeness (QED) is 0.612. The highest BCUT2D eigenvalue weighted by molar-refractivity contribution is 5.84. The number of rotatable bonds is 7. The molecule has 1 saturated heterocycles. The summed E-state index contributed by atoms with van der Waals surface area (Å²) in [6, 6.07) is 3.52. The summed E-state index contributed by atoms with van der Waals surface area (Å²) in [6.07, 6.45) is 8.84. The van der Waals surface area contributed by atoms with E-state index in [1.165, 1.54) is 12.5 Å². The maximum atomic E-state index is 10.4. The second-order valence-corrected chi connectivity index (χ2v) is 4.72. The van der Waals surface area contributed by atoms with Gasteiger partial charge in [-0.2, -0.15) is 0 Å². The lowest BCUT2D eigenvalue weighted by molar-refractivity contribution is -0.131. The summed E-state index contributed by atoms with van der Waals surface area (Å²) in [6.45, 7) is 1.53. The van der Waals surface area contributed by atoms with Gasteiger partial charge in [0.25, 0.3) is 0 Å². The van der Waals surface area contributed by atoms with E-state index in [9.17, 15) is 4.79 Å². The minimum atomic E-state index is -0.985. The van der Waals surface area contributed by atoms with Crippen LogP contribution in [0.25, 0.3) is 6.08 Å². The van der Waals surface area contributed by atoms with Crippen LogP contribution in [0.3, 0.4) is 0 Å². The lowest BCUT2D eigenvalue weighted by atomic mass is 10.1. The third-order valence-electron chi connectivity index (χ3n) is 3.12. The molecule has 0 radical (unpaired) electrons. The van der Waals surface area contributed by atoms with Gasteiger partial charge in [0.2, 0.25) is 0 Å². The van der Waals surface area contributed by atoms with Gasteiger partial charge >= 0.3 is 5.97 Å². The van der Waals surface area contributed by atoms with Crippen LogP contribution < -0.4 is 4.74 Å². The highest BCUT2D eigenvalue weighted by Gasteiger charge is 2.14. The smallest absolute Gasteiger partial charge is 0.328 e. The Morgan fingerprint density at radius 1 is 1.55 bits per heavy atom. The van der Waals surface area contributed by atoms with Gasteiger partial charge in [-0.3, -0.25) is 4.98 Å². The number of hydrogen-bond donors (Lipinski definition) is 1. The SMILES string of the molecule is O=C(O)C=Cc1ccc(OCCCC2CCCO2)cn1. The topological polar surface area (TPSA) is 68.7 Å². The molecule has 0 aromatic carbocycles. The van der Waals surface area contributed by atoms with Crippen molar-refractivity contribution in [3.05, 3.63) is 30.1 Å². The molecule has 0 saturated carbocycles. The normalized spacial score (nSPS) is 18.5. The van der Waals surface area contributed by atoms with Crippen molar-refractivity contribution < 1.29 is 19.4 Å². The fourth-order valence-corrected chi connectivity index (χ4v) is 2.11. The Labute approximate surface area is 118 Å². The van der Waals surface area contributed by atoms with Gasteiger partial charge in [0.15, 0.2) is 0 Å². The number of hydrogen-bond acceptors (Lipinski definition) is 4. The highest BCUT2D eigenvalue weighted by Crippen LogP contribution is 2.17. The number of carbonyl (C=O) groups is 1. The second kappa shape index (κ2) is 7.65. The Morgan fingerprint density at radius 2 is 2.45 bits per heavy atom. The van der Waals surface area contributed by atoms with E-state index >= 15 is 0 Å². The number of aliphatic carboxylic acids is 1. The Morgan fingerprint density at radius 3 is 3.10 bits per heavy atom. The van der Waals surface area contributed by atoms with Crippen molar-refractivity contribution in [2.45, 2.75) is 31.8 Å². The highest BCUT2D eigenvalue weighted by atomic mass is 16.5. The fourth-order valence-electron chi connectivity index (χ4n) is 2.11. The molecule has 5 nitrogen and oxygen atoms in total. The summed E-state index contributed by atoms with van der Waals surface area (Å²) in [5, 5.41) is 8.51. The van der Waals surface area contributed by atoms with Gasteiger partial charge in [-0.1, -0.05) is 0 Å². The van der Waals surface area contributed by atoms with E-state index in [-0.39, 0.29) is 0 Å². The molecule has 1 fully saturated rings. The number of pyridine rings is 1. The molecule has 1 aromatic rings. The van der Waals surface area contributed by atoms with E-state index in [4.69, 9.17) is 14.6 Å². The molecule has 108 valence electrons. The van der Waals surface area contributed by atoms with E-state index in [0.29, 0.717) is 24.2 Å². The molecular formula is C15H19NO4. The average Bonchev–Trinajstić information content (AvgIpc) is 2.96. The van der Waals surface area contributed by atoms with Gasteiger partial charge in [0.1, 0.15) is 5.75 Å². The van der Waals surface area contributed by atoms with Gasteiger partial charge in [0, 0.05) is 12.7 Å². The molecule has 1 N–H and O–H groups in total. The van der Waals surface area contributed by atoms with Crippen LogP contribution in [0.15, 0.2) is 24.4 Å². The number of aromatic nitrogens is 1. The number of carboxylic acids is 1. The molecule has 1 aromatic heterocycles. The zero-order chi connectivity index (χ0) is 14.2. The van der Waals surface area contributed by atoms with Crippen LogP contribution >= 0.6 is 0 Å². The zero-order valence-corrected chi connectivity index (χ0v) is 11.3. The molecule has 1 aliphatic heterocycles. The van der Waals surface area contributed by atoms with Crippen LogP contribution in [-0.2, 0) is 9.53 Å². The first kappa shape index (κ1) is 14.5. The van der Waals surface area contributed by atoms with Crippen molar-refractivity contribution in [1.29, 1.82) is 0 Å². The molecule has 1 atom stereocenters. The molecule has 20 heavy (non-hydrogen) atoms. The number of ether oxygens (including phenoxy) is 2. The number of carboxylic acid groups (broad SMARTS) is 1. The van der Waals surface area contributed by atoms with Crippen LogP contribution in [-0.4, -0.2) is 35.4 Å². The van der Waals surface area contributed by atoms with Crippen LogP contribution in [0.4, 0.5) is 0 Å². The van der Waals surface area contributed by atoms with Gasteiger partial charge in [-0.25, -0.2) is 4.79 Å². The number of nitrogens with zero attached hydrogens (tertiary/aromatic N) is 1. The Bertz CT molecular complexity index is 449. The molecular weight excluding hydrogens is 258 g/mol. The molecule has 2 rings (SSSR count). The summed E-state index contributed by atoms with van der Waals surface area (Å²) >= 11 is 0. The Hall–Kier alpha value is -1.88. The van der Waals surface area contributed by atoms with Crippen LogP contribution in [0.5, 0.6) is 5.75 Å². The van der Waals surface area contributed by atoms with E-state index in [1.54, 1.807) is 18.3 Å². The molecule has 1 aliphatic rings. The summed E-state index contributed by atoms with van der Waals surface area (Å²) in [7, 11) is 0. The standard InChI is InChI=1S/C15H19NO4/c17-15(18)8-6-12-5-7-14(11-16-12)20-10-2-4-13-3-1-9-19-13/h5-8,11,13H,1-4,9-10H2,(H,17,18).